The molecule has 1 N–H and O–H groups in total. The molecular weight excluding hydrogens is 224 g/mol. The summed E-state index contributed by atoms with van der Waals surface area (Å²) in [6, 6.07) is 0. The van der Waals surface area contributed by atoms with E-state index in [0.29, 0.717) is 5.15 Å². The summed E-state index contributed by atoms with van der Waals surface area (Å²) in [5, 5.41) is 14.5. The van der Waals surface area contributed by atoms with Gasteiger partial charge in [-0.15, -0.1) is 0 Å². The third kappa shape index (κ3) is 2.41. The predicted octanol–water partition coefficient (Wildman–Crippen LogP) is 3.08. The minimum absolute atomic E-state index is 0.0679. The van der Waals surface area contributed by atoms with Crippen molar-refractivity contribution in [1.29, 1.82) is 0 Å². The zero-order valence-electron chi connectivity index (χ0n) is 10.9. The van der Waals surface area contributed by atoms with Gasteiger partial charge in [-0.3, -0.25) is 0 Å². The van der Waals surface area contributed by atoms with Crippen LogP contribution in [-0.4, -0.2) is 14.9 Å². The Morgan fingerprint density at radius 3 is 1.94 bits per heavy atom. The molecule has 0 saturated heterocycles. The van der Waals surface area contributed by atoms with Gasteiger partial charge in [0.1, 0.15) is 5.15 Å². The molecule has 0 amide bonds. The van der Waals surface area contributed by atoms with Crippen molar-refractivity contribution in [3.63, 3.8) is 0 Å². The summed E-state index contributed by atoms with van der Waals surface area (Å²) in [4.78, 5) is 0. The van der Waals surface area contributed by atoms with Gasteiger partial charge in [0.05, 0.1) is 17.8 Å². The smallest absolute Gasteiger partial charge is 0.133 e. The molecule has 0 spiro atoms. The van der Waals surface area contributed by atoms with E-state index in [9.17, 15) is 5.11 Å². The molecule has 0 atom stereocenters. The Kier molecular flexibility index (Phi) is 3.42. The van der Waals surface area contributed by atoms with Crippen LogP contribution in [0.1, 0.15) is 52.8 Å². The van der Waals surface area contributed by atoms with Gasteiger partial charge >= 0.3 is 0 Å². The lowest BCUT2D eigenvalue weighted by atomic mass is 9.90. The van der Waals surface area contributed by atoms with Crippen LogP contribution in [0.4, 0.5) is 0 Å². The van der Waals surface area contributed by atoms with Crippen LogP contribution in [0, 0.1) is 0 Å². The van der Waals surface area contributed by atoms with Gasteiger partial charge < -0.3 is 5.11 Å². The van der Waals surface area contributed by atoms with Gasteiger partial charge in [-0.25, -0.2) is 4.68 Å². The van der Waals surface area contributed by atoms with E-state index in [1.54, 1.807) is 4.68 Å². The van der Waals surface area contributed by atoms with E-state index in [2.05, 4.69) is 25.9 Å². The van der Waals surface area contributed by atoms with E-state index >= 15 is 0 Å². The van der Waals surface area contributed by atoms with Crippen molar-refractivity contribution in [2.24, 2.45) is 0 Å². The molecule has 0 saturated carbocycles. The molecule has 3 nitrogen and oxygen atoms in total. The van der Waals surface area contributed by atoms with Gasteiger partial charge in [0.15, 0.2) is 0 Å². The van der Waals surface area contributed by atoms with E-state index in [0.717, 1.165) is 11.3 Å². The minimum Gasteiger partial charge on any atom is -0.391 e. The average molecular weight is 245 g/mol. The van der Waals surface area contributed by atoms with Crippen LogP contribution in [0.25, 0.3) is 0 Å². The molecule has 1 aromatic heterocycles. The van der Waals surface area contributed by atoms with Gasteiger partial charge in [0.2, 0.25) is 0 Å². The van der Waals surface area contributed by atoms with E-state index < -0.39 is 0 Å². The first-order chi connectivity index (χ1) is 7.09. The number of nitrogens with zero attached hydrogens (tertiary/aromatic N) is 2. The summed E-state index contributed by atoms with van der Waals surface area (Å²) >= 11 is 6.26. The molecule has 0 aliphatic heterocycles. The van der Waals surface area contributed by atoms with Gasteiger partial charge in [-0.05, 0) is 20.8 Å². The second-order valence-electron chi connectivity index (χ2n) is 6.11. The topological polar surface area (TPSA) is 38.0 Å². The predicted molar refractivity (Wildman–Crippen MR) is 66.9 cm³/mol. The first-order valence-corrected chi connectivity index (χ1v) is 5.86. The van der Waals surface area contributed by atoms with E-state index in [1.165, 1.54) is 0 Å². The second kappa shape index (κ2) is 4.04. The highest BCUT2D eigenvalue weighted by molar-refractivity contribution is 6.30. The van der Waals surface area contributed by atoms with Crippen LogP contribution in [0.15, 0.2) is 0 Å². The maximum absolute atomic E-state index is 9.40. The minimum atomic E-state index is -0.176. The van der Waals surface area contributed by atoms with E-state index in [4.69, 9.17) is 11.6 Å². The molecule has 4 heteroatoms. The Bertz CT molecular complexity index is 383. The number of aliphatic hydroxyl groups excluding tert-OH is 1. The molecule has 0 bridgehead atoms. The Morgan fingerprint density at radius 1 is 1.19 bits per heavy atom. The highest BCUT2D eigenvalue weighted by Crippen LogP contribution is 2.32. The highest BCUT2D eigenvalue weighted by atomic mass is 35.5. The van der Waals surface area contributed by atoms with Crippen molar-refractivity contribution in [2.45, 2.75) is 59.1 Å². The molecule has 16 heavy (non-hydrogen) atoms. The van der Waals surface area contributed by atoms with Crippen LogP contribution in [-0.2, 0) is 17.6 Å². The molecule has 1 rings (SSSR count). The average Bonchev–Trinajstić information content (AvgIpc) is 2.40. The third-order valence-corrected chi connectivity index (χ3v) is 2.81. The van der Waals surface area contributed by atoms with Crippen molar-refractivity contribution >= 4 is 11.6 Å². The van der Waals surface area contributed by atoms with Gasteiger partial charge in [-0.2, -0.15) is 5.10 Å². The number of hydrogen-bond donors (Lipinski definition) is 1. The molecule has 92 valence electrons. The molecular formula is C12H21ClN2O. The number of hydrogen-bond acceptors (Lipinski definition) is 2. The molecule has 1 heterocycles. The van der Waals surface area contributed by atoms with Crippen LogP contribution in [0.5, 0.6) is 0 Å². The maximum Gasteiger partial charge on any atom is 0.133 e. The monoisotopic (exact) mass is 244 g/mol. The van der Waals surface area contributed by atoms with Crippen molar-refractivity contribution in [1.82, 2.24) is 9.78 Å². The molecule has 0 aliphatic carbocycles. The highest BCUT2D eigenvalue weighted by Gasteiger charge is 2.29. The van der Waals surface area contributed by atoms with E-state index in [1.807, 2.05) is 20.8 Å². The van der Waals surface area contributed by atoms with Crippen molar-refractivity contribution < 1.29 is 5.11 Å². The summed E-state index contributed by atoms with van der Waals surface area (Å²) in [5.74, 6) is 0. The first-order valence-electron chi connectivity index (χ1n) is 5.48. The summed E-state index contributed by atoms with van der Waals surface area (Å²) in [5.41, 5.74) is 1.32. The fourth-order valence-electron chi connectivity index (χ4n) is 1.62. The molecule has 1 aromatic rings. The third-order valence-electron chi connectivity index (χ3n) is 2.42. The molecule has 0 unspecified atom stereocenters. The largest absolute Gasteiger partial charge is 0.391 e. The van der Waals surface area contributed by atoms with Gasteiger partial charge in [0, 0.05) is 11.0 Å². The Morgan fingerprint density at radius 2 is 1.69 bits per heavy atom. The number of aliphatic hydroxyl groups is 1. The lowest BCUT2D eigenvalue weighted by molar-refractivity contribution is 0.278. The van der Waals surface area contributed by atoms with Crippen molar-refractivity contribution in [3.05, 3.63) is 16.4 Å². The lowest BCUT2D eigenvalue weighted by Crippen LogP contribution is -2.24. The fourth-order valence-corrected chi connectivity index (χ4v) is 2.06. The fraction of sp³-hybridized carbons (Fsp3) is 0.750. The molecule has 0 fully saturated rings. The molecule has 0 aromatic carbocycles. The summed E-state index contributed by atoms with van der Waals surface area (Å²) in [6.07, 6.45) is 0. The van der Waals surface area contributed by atoms with Crippen LogP contribution < -0.4 is 0 Å². The summed E-state index contributed by atoms with van der Waals surface area (Å²) in [7, 11) is 0. The summed E-state index contributed by atoms with van der Waals surface area (Å²) < 4.78 is 1.78. The number of aromatic nitrogens is 2. The van der Waals surface area contributed by atoms with Gasteiger partial charge in [-0.1, -0.05) is 32.4 Å². The lowest BCUT2D eigenvalue weighted by Gasteiger charge is -2.21. The van der Waals surface area contributed by atoms with Gasteiger partial charge in [0.25, 0.3) is 0 Å². The zero-order chi connectivity index (χ0) is 12.7. The molecule has 0 aliphatic rings. The van der Waals surface area contributed by atoms with Crippen molar-refractivity contribution in [2.75, 3.05) is 0 Å². The quantitative estimate of drug-likeness (QED) is 0.825. The SMILES string of the molecule is CC(C)(C)c1nn(C(C)(C)C)c(Cl)c1CO. The Labute approximate surface area is 102 Å². The molecule has 0 radical (unpaired) electrons. The van der Waals surface area contributed by atoms with E-state index in [-0.39, 0.29) is 17.6 Å². The van der Waals surface area contributed by atoms with Crippen LogP contribution in [0.3, 0.4) is 0 Å². The van der Waals surface area contributed by atoms with Crippen molar-refractivity contribution in [3.8, 4) is 0 Å². The normalized spacial score (nSPS) is 13.2. The summed E-state index contributed by atoms with van der Waals surface area (Å²) in [6.45, 7) is 12.3. The Balaban J connectivity index is 3.44. The zero-order valence-corrected chi connectivity index (χ0v) is 11.7. The maximum atomic E-state index is 9.40. The second-order valence-corrected chi connectivity index (χ2v) is 6.47. The Hall–Kier alpha value is -0.540. The first kappa shape index (κ1) is 13.5. The van der Waals surface area contributed by atoms with Crippen LogP contribution >= 0.6 is 11.6 Å². The van der Waals surface area contributed by atoms with Crippen LogP contribution in [0.2, 0.25) is 5.15 Å². The number of rotatable bonds is 1. The standard InChI is InChI=1S/C12H21ClN2O/c1-11(2,3)9-8(7-16)10(13)15(14-9)12(4,5)6/h16H,7H2,1-6H3. The number of halogens is 1.